The summed E-state index contributed by atoms with van der Waals surface area (Å²) in [5, 5.41) is 20.4. The summed E-state index contributed by atoms with van der Waals surface area (Å²) >= 11 is 0. The molecule has 6 nitrogen and oxygen atoms in total. The van der Waals surface area contributed by atoms with Crippen LogP contribution in [0.15, 0.2) is 5.16 Å². The topological polar surface area (TPSA) is 93.6 Å². The standard InChI is InChI=1S/C15H26N4O2/c1-5-11-12(6-2)17-18-15(13(11)14(16)19-20)21-9-7-8-10(3)4/h10,20H,5-9H2,1-4H3,(H2,16,19). The van der Waals surface area contributed by atoms with Gasteiger partial charge in [-0.1, -0.05) is 32.9 Å². The van der Waals surface area contributed by atoms with Crippen LogP contribution in [-0.2, 0) is 12.8 Å². The fraction of sp³-hybridized carbons (Fsp3) is 0.667. The van der Waals surface area contributed by atoms with Crippen LogP contribution in [0.1, 0.15) is 57.4 Å². The van der Waals surface area contributed by atoms with Crippen molar-refractivity contribution in [2.24, 2.45) is 16.8 Å². The van der Waals surface area contributed by atoms with E-state index in [0.717, 1.165) is 36.9 Å². The van der Waals surface area contributed by atoms with E-state index in [1.165, 1.54) is 0 Å². The van der Waals surface area contributed by atoms with Crippen molar-refractivity contribution in [2.75, 3.05) is 6.61 Å². The van der Waals surface area contributed by atoms with Gasteiger partial charge in [0.1, 0.15) is 0 Å². The molecule has 0 aromatic carbocycles. The van der Waals surface area contributed by atoms with Crippen molar-refractivity contribution in [1.82, 2.24) is 10.2 Å². The Kier molecular flexibility index (Phi) is 6.91. The summed E-state index contributed by atoms with van der Waals surface area (Å²) in [6, 6.07) is 0. The number of rotatable bonds is 8. The number of amidine groups is 1. The van der Waals surface area contributed by atoms with Crippen molar-refractivity contribution in [2.45, 2.75) is 53.4 Å². The first-order valence-electron chi connectivity index (χ1n) is 7.54. The van der Waals surface area contributed by atoms with Gasteiger partial charge in [0.2, 0.25) is 5.88 Å². The van der Waals surface area contributed by atoms with Gasteiger partial charge < -0.3 is 15.7 Å². The molecule has 0 unspecified atom stereocenters. The Morgan fingerprint density at radius 3 is 2.52 bits per heavy atom. The third-order valence-electron chi connectivity index (χ3n) is 3.34. The predicted octanol–water partition coefficient (Wildman–Crippen LogP) is 2.51. The maximum absolute atomic E-state index is 9.00. The molecule has 118 valence electrons. The number of hydrogen-bond donors (Lipinski definition) is 2. The zero-order valence-corrected chi connectivity index (χ0v) is 13.4. The van der Waals surface area contributed by atoms with Crippen molar-refractivity contribution < 1.29 is 9.94 Å². The van der Waals surface area contributed by atoms with E-state index in [1.54, 1.807) is 0 Å². The highest BCUT2D eigenvalue weighted by molar-refractivity contribution is 6.00. The zero-order chi connectivity index (χ0) is 15.8. The van der Waals surface area contributed by atoms with Crippen molar-refractivity contribution >= 4 is 5.84 Å². The van der Waals surface area contributed by atoms with Crippen molar-refractivity contribution in [3.63, 3.8) is 0 Å². The number of hydrogen-bond acceptors (Lipinski definition) is 5. The van der Waals surface area contributed by atoms with Crippen LogP contribution in [0.25, 0.3) is 0 Å². The number of aryl methyl sites for hydroxylation is 1. The first-order chi connectivity index (χ1) is 10.0. The summed E-state index contributed by atoms with van der Waals surface area (Å²) in [6.07, 6.45) is 3.49. The van der Waals surface area contributed by atoms with Crippen LogP contribution in [-0.4, -0.2) is 27.8 Å². The van der Waals surface area contributed by atoms with Gasteiger partial charge in [-0.2, -0.15) is 5.10 Å². The van der Waals surface area contributed by atoms with E-state index in [-0.39, 0.29) is 5.84 Å². The molecule has 0 saturated carbocycles. The number of aromatic nitrogens is 2. The second-order valence-corrected chi connectivity index (χ2v) is 5.38. The summed E-state index contributed by atoms with van der Waals surface area (Å²) in [6.45, 7) is 8.90. The molecule has 1 aromatic heterocycles. The molecule has 0 spiro atoms. The minimum Gasteiger partial charge on any atom is -0.476 e. The van der Waals surface area contributed by atoms with Crippen LogP contribution in [0.5, 0.6) is 5.88 Å². The number of nitrogens with zero attached hydrogens (tertiary/aromatic N) is 3. The van der Waals surface area contributed by atoms with Gasteiger partial charge in [-0.25, -0.2) is 0 Å². The first kappa shape index (κ1) is 17.2. The highest BCUT2D eigenvalue weighted by Crippen LogP contribution is 2.23. The van der Waals surface area contributed by atoms with E-state index in [4.69, 9.17) is 15.7 Å². The predicted molar refractivity (Wildman–Crippen MR) is 82.9 cm³/mol. The summed E-state index contributed by atoms with van der Waals surface area (Å²) in [5.41, 5.74) is 8.15. The summed E-state index contributed by atoms with van der Waals surface area (Å²) in [4.78, 5) is 0. The van der Waals surface area contributed by atoms with Crippen molar-refractivity contribution in [3.05, 3.63) is 16.8 Å². The molecule has 1 rings (SSSR count). The van der Waals surface area contributed by atoms with Crippen molar-refractivity contribution in [3.8, 4) is 5.88 Å². The van der Waals surface area contributed by atoms with Crippen LogP contribution < -0.4 is 10.5 Å². The Morgan fingerprint density at radius 1 is 1.29 bits per heavy atom. The van der Waals surface area contributed by atoms with Crippen molar-refractivity contribution in [1.29, 1.82) is 0 Å². The van der Waals surface area contributed by atoms with Gasteiger partial charge in [0.15, 0.2) is 5.84 Å². The van der Waals surface area contributed by atoms with E-state index >= 15 is 0 Å². The molecule has 0 fully saturated rings. The molecule has 0 amide bonds. The van der Waals surface area contributed by atoms with Gasteiger partial charge in [-0.15, -0.1) is 5.10 Å². The highest BCUT2D eigenvalue weighted by Gasteiger charge is 2.19. The molecule has 1 heterocycles. The normalized spacial score (nSPS) is 12.0. The number of ether oxygens (including phenoxy) is 1. The SMILES string of the molecule is CCc1nnc(OCCCC(C)C)c(C(N)=NO)c1CC. The molecular weight excluding hydrogens is 268 g/mol. The minimum atomic E-state index is 0.0234. The molecule has 21 heavy (non-hydrogen) atoms. The molecule has 3 N–H and O–H groups in total. The van der Waals surface area contributed by atoms with E-state index < -0.39 is 0 Å². The molecule has 6 heteroatoms. The molecule has 0 aliphatic rings. The monoisotopic (exact) mass is 294 g/mol. The highest BCUT2D eigenvalue weighted by atomic mass is 16.5. The molecule has 0 aliphatic heterocycles. The molecule has 0 atom stereocenters. The Bertz CT molecular complexity index is 487. The molecule has 0 saturated heterocycles. The van der Waals surface area contributed by atoms with Crippen LogP contribution in [0.4, 0.5) is 0 Å². The summed E-state index contributed by atoms with van der Waals surface area (Å²) < 4.78 is 5.71. The molecular formula is C15H26N4O2. The van der Waals surface area contributed by atoms with Crippen LogP contribution in [0, 0.1) is 5.92 Å². The summed E-state index contributed by atoms with van der Waals surface area (Å²) in [7, 11) is 0. The van der Waals surface area contributed by atoms with Gasteiger partial charge >= 0.3 is 0 Å². The lowest BCUT2D eigenvalue weighted by Gasteiger charge is -2.15. The fourth-order valence-corrected chi connectivity index (χ4v) is 2.23. The van der Waals surface area contributed by atoms with E-state index in [9.17, 15) is 0 Å². The third-order valence-corrected chi connectivity index (χ3v) is 3.34. The first-order valence-corrected chi connectivity index (χ1v) is 7.54. The van der Waals surface area contributed by atoms with Gasteiger partial charge in [0.05, 0.1) is 17.9 Å². The zero-order valence-electron chi connectivity index (χ0n) is 13.4. The van der Waals surface area contributed by atoms with Gasteiger partial charge in [0.25, 0.3) is 0 Å². The minimum absolute atomic E-state index is 0.0234. The van der Waals surface area contributed by atoms with Gasteiger partial charge in [-0.3, -0.25) is 0 Å². The lowest BCUT2D eigenvalue weighted by atomic mass is 10.0. The van der Waals surface area contributed by atoms with Gasteiger partial charge in [-0.05, 0) is 37.2 Å². The van der Waals surface area contributed by atoms with Gasteiger partial charge in [0, 0.05) is 0 Å². The third kappa shape index (κ3) is 4.58. The van der Waals surface area contributed by atoms with Crippen LogP contribution >= 0.6 is 0 Å². The summed E-state index contributed by atoms with van der Waals surface area (Å²) in [5.74, 6) is 1.01. The quantitative estimate of drug-likeness (QED) is 0.252. The molecule has 0 aliphatic carbocycles. The van der Waals surface area contributed by atoms with Crippen LogP contribution in [0.3, 0.4) is 0 Å². The fourth-order valence-electron chi connectivity index (χ4n) is 2.23. The maximum atomic E-state index is 9.00. The second-order valence-electron chi connectivity index (χ2n) is 5.38. The van der Waals surface area contributed by atoms with E-state index in [1.807, 2.05) is 13.8 Å². The lowest BCUT2D eigenvalue weighted by Crippen LogP contribution is -2.20. The molecule has 1 aromatic rings. The Balaban J connectivity index is 3.02. The Morgan fingerprint density at radius 2 is 2.00 bits per heavy atom. The lowest BCUT2D eigenvalue weighted by molar-refractivity contribution is 0.281. The molecule has 0 radical (unpaired) electrons. The average Bonchev–Trinajstić information content (AvgIpc) is 2.49. The largest absolute Gasteiger partial charge is 0.476 e. The maximum Gasteiger partial charge on any atom is 0.244 e. The Labute approximate surface area is 126 Å². The smallest absolute Gasteiger partial charge is 0.244 e. The molecule has 0 bridgehead atoms. The van der Waals surface area contributed by atoms with E-state index in [2.05, 4.69) is 29.2 Å². The Hall–Kier alpha value is -1.85. The average molecular weight is 294 g/mol. The number of oxime groups is 1. The second kappa shape index (κ2) is 8.44. The van der Waals surface area contributed by atoms with Crippen LogP contribution in [0.2, 0.25) is 0 Å². The van der Waals surface area contributed by atoms with E-state index in [0.29, 0.717) is 24.0 Å². The number of nitrogens with two attached hydrogens (primary N) is 1.